The van der Waals surface area contributed by atoms with Gasteiger partial charge in [-0.25, -0.2) is 0 Å². The second-order valence-corrected chi connectivity index (χ2v) is 6.61. The number of rotatable bonds is 8. The summed E-state index contributed by atoms with van der Waals surface area (Å²) >= 11 is 0. The van der Waals surface area contributed by atoms with Crippen LogP contribution >= 0.6 is 0 Å². The van der Waals surface area contributed by atoms with Gasteiger partial charge in [0.1, 0.15) is 5.75 Å². The van der Waals surface area contributed by atoms with Crippen molar-refractivity contribution >= 4 is 34.5 Å². The van der Waals surface area contributed by atoms with E-state index in [4.69, 9.17) is 9.47 Å². The Kier molecular flexibility index (Phi) is 6.65. The molecule has 0 aliphatic heterocycles. The molecule has 3 aromatic rings. The number of carbonyl (C=O) groups is 2. The van der Waals surface area contributed by atoms with Gasteiger partial charge >= 0.3 is 0 Å². The first-order valence-electron chi connectivity index (χ1n) is 9.36. The second-order valence-electron chi connectivity index (χ2n) is 6.61. The van der Waals surface area contributed by atoms with Crippen LogP contribution in [0.15, 0.2) is 66.7 Å². The SMILES string of the molecule is COc1ccc(C=CC(=O)CC(=O)C=Cc2c(OC)ccc3ccccc23)cc1O. The van der Waals surface area contributed by atoms with Crippen LogP contribution in [-0.2, 0) is 9.59 Å². The molecule has 0 radical (unpaired) electrons. The second kappa shape index (κ2) is 9.56. The van der Waals surface area contributed by atoms with Crippen molar-refractivity contribution in [3.8, 4) is 17.2 Å². The van der Waals surface area contributed by atoms with Gasteiger partial charge < -0.3 is 14.6 Å². The number of benzene rings is 3. The fourth-order valence-corrected chi connectivity index (χ4v) is 3.09. The number of hydrogen-bond donors (Lipinski definition) is 1. The summed E-state index contributed by atoms with van der Waals surface area (Å²) in [6.45, 7) is 0. The maximum absolute atomic E-state index is 12.3. The number of ketones is 2. The van der Waals surface area contributed by atoms with Crippen molar-refractivity contribution in [2.24, 2.45) is 0 Å². The van der Waals surface area contributed by atoms with E-state index in [1.165, 1.54) is 25.3 Å². The summed E-state index contributed by atoms with van der Waals surface area (Å²) in [4.78, 5) is 24.4. The van der Waals surface area contributed by atoms with Gasteiger partial charge in [-0.05, 0) is 52.8 Å². The molecule has 0 aliphatic carbocycles. The van der Waals surface area contributed by atoms with Crippen molar-refractivity contribution in [1.82, 2.24) is 0 Å². The fourth-order valence-electron chi connectivity index (χ4n) is 3.09. The van der Waals surface area contributed by atoms with Crippen LogP contribution in [0.5, 0.6) is 17.2 Å². The number of hydrogen-bond acceptors (Lipinski definition) is 5. The number of phenolic OH excluding ortho intramolecular Hbond substituents is 1. The van der Waals surface area contributed by atoms with Crippen molar-refractivity contribution in [2.45, 2.75) is 6.42 Å². The molecule has 0 spiro atoms. The molecule has 5 nitrogen and oxygen atoms in total. The van der Waals surface area contributed by atoms with Crippen LogP contribution in [0.1, 0.15) is 17.5 Å². The summed E-state index contributed by atoms with van der Waals surface area (Å²) in [6.07, 6.45) is 5.71. The Labute approximate surface area is 174 Å². The van der Waals surface area contributed by atoms with E-state index in [2.05, 4.69) is 0 Å². The van der Waals surface area contributed by atoms with Crippen molar-refractivity contribution in [1.29, 1.82) is 0 Å². The van der Waals surface area contributed by atoms with E-state index in [1.54, 1.807) is 31.4 Å². The number of aromatic hydroxyl groups is 1. The molecule has 0 amide bonds. The molecule has 0 heterocycles. The maximum atomic E-state index is 12.3. The third kappa shape index (κ3) is 4.94. The summed E-state index contributed by atoms with van der Waals surface area (Å²) in [5, 5.41) is 11.8. The van der Waals surface area contributed by atoms with Gasteiger partial charge in [0.15, 0.2) is 23.1 Å². The van der Waals surface area contributed by atoms with Gasteiger partial charge in [-0.3, -0.25) is 9.59 Å². The van der Waals surface area contributed by atoms with Gasteiger partial charge in [-0.1, -0.05) is 42.5 Å². The summed E-state index contributed by atoms with van der Waals surface area (Å²) in [7, 11) is 3.04. The van der Waals surface area contributed by atoms with Crippen LogP contribution in [0.2, 0.25) is 0 Å². The topological polar surface area (TPSA) is 72.8 Å². The molecule has 0 bridgehead atoms. The molecule has 152 valence electrons. The summed E-state index contributed by atoms with van der Waals surface area (Å²) in [6, 6.07) is 16.4. The zero-order chi connectivity index (χ0) is 21.5. The molecule has 1 N–H and O–H groups in total. The normalized spacial score (nSPS) is 11.3. The smallest absolute Gasteiger partial charge is 0.163 e. The Hall–Kier alpha value is -3.86. The minimum Gasteiger partial charge on any atom is -0.504 e. The molecule has 3 aromatic carbocycles. The highest BCUT2D eigenvalue weighted by atomic mass is 16.5. The quantitative estimate of drug-likeness (QED) is 0.432. The predicted octanol–water partition coefficient (Wildman–Crippen LogP) is 4.82. The molecule has 0 saturated carbocycles. The lowest BCUT2D eigenvalue weighted by molar-refractivity contribution is -0.121. The molecule has 0 atom stereocenters. The number of methoxy groups -OCH3 is 2. The van der Waals surface area contributed by atoms with Gasteiger partial charge in [-0.2, -0.15) is 0 Å². The molecule has 30 heavy (non-hydrogen) atoms. The first-order chi connectivity index (χ1) is 14.5. The first kappa shape index (κ1) is 20.9. The summed E-state index contributed by atoms with van der Waals surface area (Å²) in [5.74, 6) is 0.350. The first-order valence-corrected chi connectivity index (χ1v) is 9.36. The van der Waals surface area contributed by atoms with Crippen LogP contribution in [0.25, 0.3) is 22.9 Å². The van der Waals surface area contributed by atoms with Crippen LogP contribution in [0.3, 0.4) is 0 Å². The average molecular weight is 402 g/mol. The fraction of sp³-hybridized carbons (Fsp3) is 0.120. The third-order valence-electron chi connectivity index (χ3n) is 4.60. The summed E-state index contributed by atoms with van der Waals surface area (Å²) < 4.78 is 10.4. The van der Waals surface area contributed by atoms with E-state index in [1.807, 2.05) is 36.4 Å². The molecule has 0 fully saturated rings. The number of phenols is 1. The lowest BCUT2D eigenvalue weighted by atomic mass is 10.0. The van der Waals surface area contributed by atoms with E-state index < -0.39 is 0 Å². The van der Waals surface area contributed by atoms with E-state index >= 15 is 0 Å². The average Bonchev–Trinajstić information content (AvgIpc) is 2.76. The molecule has 3 rings (SSSR count). The van der Waals surface area contributed by atoms with Crippen molar-refractivity contribution in [2.75, 3.05) is 14.2 Å². The van der Waals surface area contributed by atoms with E-state index in [9.17, 15) is 14.7 Å². The lowest BCUT2D eigenvalue weighted by Gasteiger charge is -2.08. The minimum absolute atomic E-state index is 0.0184. The molecule has 0 aliphatic rings. The standard InChI is InChI=1S/C25H22O5/c1-29-24-14-9-18-5-3-4-6-21(18)22(24)12-11-20(27)16-19(26)10-7-17-8-13-25(30-2)23(28)15-17/h3-15,28H,16H2,1-2H3. The van der Waals surface area contributed by atoms with Crippen LogP contribution in [-0.4, -0.2) is 30.9 Å². The molecule has 0 aromatic heterocycles. The van der Waals surface area contributed by atoms with Gasteiger partial charge in [0.05, 0.1) is 20.6 Å². The van der Waals surface area contributed by atoms with Crippen molar-refractivity contribution in [3.63, 3.8) is 0 Å². The Morgan fingerprint density at radius 3 is 2.23 bits per heavy atom. The van der Waals surface area contributed by atoms with Crippen molar-refractivity contribution in [3.05, 3.63) is 77.9 Å². The number of carbonyl (C=O) groups excluding carboxylic acids is 2. The van der Waals surface area contributed by atoms with E-state index in [0.717, 1.165) is 16.3 Å². The number of allylic oxidation sites excluding steroid dienone is 2. The Morgan fingerprint density at radius 1 is 0.867 bits per heavy atom. The minimum atomic E-state index is -0.329. The van der Waals surface area contributed by atoms with Gasteiger partial charge in [0.25, 0.3) is 0 Å². The maximum Gasteiger partial charge on any atom is 0.163 e. The largest absolute Gasteiger partial charge is 0.504 e. The zero-order valence-corrected chi connectivity index (χ0v) is 16.8. The zero-order valence-electron chi connectivity index (χ0n) is 16.8. The lowest BCUT2D eigenvalue weighted by Crippen LogP contribution is -2.02. The molecular formula is C25H22O5. The predicted molar refractivity (Wildman–Crippen MR) is 118 cm³/mol. The van der Waals surface area contributed by atoms with Crippen LogP contribution in [0.4, 0.5) is 0 Å². The number of fused-ring (bicyclic) bond motifs is 1. The van der Waals surface area contributed by atoms with Gasteiger partial charge in [0, 0.05) is 5.56 Å². The Bertz CT molecular complexity index is 1140. The number of ether oxygens (including phenoxy) is 2. The highest BCUT2D eigenvalue weighted by Crippen LogP contribution is 2.29. The van der Waals surface area contributed by atoms with Crippen LogP contribution < -0.4 is 9.47 Å². The van der Waals surface area contributed by atoms with E-state index in [-0.39, 0.29) is 23.7 Å². The molecule has 5 heteroatoms. The molecular weight excluding hydrogens is 380 g/mol. The monoisotopic (exact) mass is 402 g/mol. The highest BCUT2D eigenvalue weighted by molar-refractivity contribution is 6.11. The van der Waals surface area contributed by atoms with E-state index in [0.29, 0.717) is 17.1 Å². The van der Waals surface area contributed by atoms with Gasteiger partial charge in [0.2, 0.25) is 0 Å². The summed E-state index contributed by atoms with van der Waals surface area (Å²) in [5.41, 5.74) is 1.42. The third-order valence-corrected chi connectivity index (χ3v) is 4.60. The Morgan fingerprint density at radius 2 is 1.53 bits per heavy atom. The van der Waals surface area contributed by atoms with Crippen molar-refractivity contribution < 1.29 is 24.2 Å². The molecule has 0 unspecified atom stereocenters. The molecule has 0 saturated heterocycles. The Balaban J connectivity index is 1.70. The highest BCUT2D eigenvalue weighted by Gasteiger charge is 2.08. The van der Waals surface area contributed by atoms with Crippen LogP contribution in [0, 0.1) is 0 Å². The van der Waals surface area contributed by atoms with Gasteiger partial charge in [-0.15, -0.1) is 0 Å².